The number of imidazole rings is 1. The molecule has 33 heavy (non-hydrogen) atoms. The van der Waals surface area contributed by atoms with Crippen LogP contribution in [0.15, 0.2) is 24.3 Å². The van der Waals surface area contributed by atoms with Crippen molar-refractivity contribution < 1.29 is 18.4 Å². The molecule has 0 spiro atoms. The highest BCUT2D eigenvalue weighted by Gasteiger charge is 2.28. The zero-order valence-corrected chi connectivity index (χ0v) is 18.5. The highest BCUT2D eigenvalue weighted by Crippen LogP contribution is 2.25. The number of amides is 2. The highest BCUT2D eigenvalue weighted by molar-refractivity contribution is 6.04. The van der Waals surface area contributed by atoms with E-state index in [1.807, 2.05) is 6.92 Å². The lowest BCUT2D eigenvalue weighted by Gasteiger charge is -2.35. The second kappa shape index (κ2) is 8.53. The number of pyridine rings is 1. The molecule has 2 aromatic heterocycles. The van der Waals surface area contributed by atoms with Crippen molar-refractivity contribution in [2.45, 2.75) is 39.2 Å². The van der Waals surface area contributed by atoms with Crippen LogP contribution in [0.4, 0.5) is 8.78 Å². The second-order valence-corrected chi connectivity index (χ2v) is 8.69. The molecule has 0 saturated carbocycles. The van der Waals surface area contributed by atoms with Crippen LogP contribution < -0.4 is 0 Å². The summed E-state index contributed by atoms with van der Waals surface area (Å²) in [5.41, 5.74) is 2.81. The zero-order chi connectivity index (χ0) is 23.1. The monoisotopic (exact) mass is 453 g/mol. The molecular weight excluding hydrogens is 428 g/mol. The first-order valence-electron chi connectivity index (χ1n) is 11.3. The number of fused-ring (bicyclic) bond motifs is 3. The van der Waals surface area contributed by atoms with Gasteiger partial charge >= 0.3 is 0 Å². The van der Waals surface area contributed by atoms with Crippen LogP contribution in [0.3, 0.4) is 0 Å². The van der Waals surface area contributed by atoms with Crippen molar-refractivity contribution in [1.29, 1.82) is 0 Å². The summed E-state index contributed by atoms with van der Waals surface area (Å²) in [5.74, 6) is -1.56. The van der Waals surface area contributed by atoms with Crippen LogP contribution in [0.25, 0.3) is 11.2 Å². The molecule has 1 aromatic carbocycles. The SMILES string of the molecule is Cc1cc(C(=O)N2CCN(C(=O)c3ccc(F)c(F)c3)CC2)c2nc3n(c2n1)CCCCC3. The molecule has 1 saturated heterocycles. The largest absolute Gasteiger partial charge is 0.335 e. The molecule has 2 aliphatic heterocycles. The second-order valence-electron chi connectivity index (χ2n) is 8.69. The molecule has 0 atom stereocenters. The van der Waals surface area contributed by atoms with Crippen LogP contribution in [-0.2, 0) is 13.0 Å². The third kappa shape index (κ3) is 3.96. The third-order valence-corrected chi connectivity index (χ3v) is 6.44. The van der Waals surface area contributed by atoms with Gasteiger partial charge in [0, 0.05) is 50.4 Å². The normalized spacial score (nSPS) is 16.6. The van der Waals surface area contributed by atoms with Gasteiger partial charge in [-0.25, -0.2) is 18.7 Å². The molecule has 2 amide bonds. The van der Waals surface area contributed by atoms with E-state index in [1.54, 1.807) is 15.9 Å². The van der Waals surface area contributed by atoms with E-state index in [9.17, 15) is 18.4 Å². The summed E-state index contributed by atoms with van der Waals surface area (Å²) in [6.07, 6.45) is 4.20. The van der Waals surface area contributed by atoms with Gasteiger partial charge in [0.1, 0.15) is 11.3 Å². The zero-order valence-electron chi connectivity index (χ0n) is 18.5. The molecule has 3 aromatic rings. The predicted octanol–water partition coefficient (Wildman–Crippen LogP) is 3.34. The summed E-state index contributed by atoms with van der Waals surface area (Å²) < 4.78 is 28.8. The van der Waals surface area contributed by atoms with E-state index in [4.69, 9.17) is 4.98 Å². The number of aromatic nitrogens is 3. The fourth-order valence-electron chi connectivity index (χ4n) is 4.67. The maximum atomic E-state index is 13.5. The lowest BCUT2D eigenvalue weighted by molar-refractivity contribution is 0.0536. The average Bonchev–Trinajstić information content (AvgIpc) is 3.00. The maximum Gasteiger partial charge on any atom is 0.256 e. The first kappa shape index (κ1) is 21.5. The van der Waals surface area contributed by atoms with Gasteiger partial charge in [-0.05, 0) is 44.0 Å². The van der Waals surface area contributed by atoms with E-state index in [1.165, 1.54) is 6.07 Å². The van der Waals surface area contributed by atoms with Crippen molar-refractivity contribution in [1.82, 2.24) is 24.3 Å². The minimum absolute atomic E-state index is 0.0969. The van der Waals surface area contributed by atoms with E-state index in [0.717, 1.165) is 61.5 Å². The van der Waals surface area contributed by atoms with Gasteiger partial charge in [0.25, 0.3) is 11.8 Å². The first-order valence-corrected chi connectivity index (χ1v) is 11.3. The van der Waals surface area contributed by atoms with Crippen LogP contribution in [0, 0.1) is 18.6 Å². The predicted molar refractivity (Wildman–Crippen MR) is 118 cm³/mol. The summed E-state index contributed by atoms with van der Waals surface area (Å²) in [6, 6.07) is 4.92. The lowest BCUT2D eigenvalue weighted by atomic mass is 10.1. The standard InChI is InChI=1S/C24H25F2N5O2/c1-15-13-17(21-22(27-15)31-8-4-2-3-5-20(31)28-21)24(33)30-11-9-29(10-12-30)23(32)16-6-7-18(25)19(26)14-16/h6-7,13-14H,2-5,8-12H2,1H3. The fourth-order valence-corrected chi connectivity index (χ4v) is 4.67. The molecule has 0 unspecified atom stereocenters. The Morgan fingerprint density at radius 2 is 1.58 bits per heavy atom. The van der Waals surface area contributed by atoms with Gasteiger partial charge in [-0.3, -0.25) is 9.59 Å². The lowest BCUT2D eigenvalue weighted by Crippen LogP contribution is -2.50. The van der Waals surface area contributed by atoms with Crippen LogP contribution in [0.1, 0.15) is 51.5 Å². The topological polar surface area (TPSA) is 71.3 Å². The molecule has 5 rings (SSSR count). The molecule has 1 fully saturated rings. The molecule has 0 aliphatic carbocycles. The first-order chi connectivity index (χ1) is 15.9. The number of hydrogen-bond acceptors (Lipinski definition) is 4. The summed E-state index contributed by atoms with van der Waals surface area (Å²) in [5, 5.41) is 0. The summed E-state index contributed by atoms with van der Waals surface area (Å²) >= 11 is 0. The van der Waals surface area contributed by atoms with Crippen molar-refractivity contribution in [2.75, 3.05) is 26.2 Å². The van der Waals surface area contributed by atoms with E-state index >= 15 is 0 Å². The van der Waals surface area contributed by atoms with Crippen molar-refractivity contribution in [3.05, 3.63) is 58.5 Å². The van der Waals surface area contributed by atoms with Crippen molar-refractivity contribution >= 4 is 23.0 Å². The number of benzene rings is 1. The van der Waals surface area contributed by atoms with Gasteiger partial charge in [0.2, 0.25) is 0 Å². The number of halogens is 2. The number of rotatable bonds is 2. The van der Waals surface area contributed by atoms with Crippen molar-refractivity contribution in [2.24, 2.45) is 0 Å². The van der Waals surface area contributed by atoms with E-state index in [2.05, 4.69) is 9.55 Å². The Labute approximate surface area is 190 Å². The molecule has 9 heteroatoms. The number of nitrogens with zero attached hydrogens (tertiary/aromatic N) is 5. The van der Waals surface area contributed by atoms with E-state index in [-0.39, 0.29) is 17.4 Å². The molecule has 7 nitrogen and oxygen atoms in total. The molecule has 0 bridgehead atoms. The average molecular weight is 453 g/mol. The number of hydrogen-bond donors (Lipinski definition) is 0. The Morgan fingerprint density at radius 1 is 0.848 bits per heavy atom. The van der Waals surface area contributed by atoms with Gasteiger partial charge < -0.3 is 14.4 Å². The number of aryl methyl sites for hydroxylation is 3. The molecule has 4 heterocycles. The third-order valence-electron chi connectivity index (χ3n) is 6.44. The van der Waals surface area contributed by atoms with Gasteiger partial charge in [-0.15, -0.1) is 0 Å². The van der Waals surface area contributed by atoms with Gasteiger partial charge in [-0.2, -0.15) is 0 Å². The maximum absolute atomic E-state index is 13.5. The molecule has 0 N–H and O–H groups in total. The van der Waals surface area contributed by atoms with Crippen molar-refractivity contribution in [3.8, 4) is 0 Å². The number of carbonyl (C=O) groups is 2. The minimum atomic E-state index is -1.05. The van der Waals surface area contributed by atoms with E-state index in [0.29, 0.717) is 37.3 Å². The Bertz CT molecular complexity index is 1250. The van der Waals surface area contributed by atoms with Crippen molar-refractivity contribution in [3.63, 3.8) is 0 Å². The molecule has 172 valence electrons. The highest BCUT2D eigenvalue weighted by atomic mass is 19.2. The van der Waals surface area contributed by atoms with Crippen LogP contribution in [-0.4, -0.2) is 62.3 Å². The minimum Gasteiger partial charge on any atom is -0.335 e. The number of carbonyl (C=O) groups excluding carboxylic acids is 2. The van der Waals surface area contributed by atoms with Crippen LogP contribution in [0.2, 0.25) is 0 Å². The van der Waals surface area contributed by atoms with Gasteiger partial charge in [0.05, 0.1) is 5.56 Å². The van der Waals surface area contributed by atoms with Gasteiger partial charge in [-0.1, -0.05) is 6.42 Å². The fraction of sp³-hybridized carbons (Fsp3) is 0.417. The number of piperazine rings is 1. The quantitative estimate of drug-likeness (QED) is 0.597. The summed E-state index contributed by atoms with van der Waals surface area (Å²) in [6.45, 7) is 4.08. The van der Waals surface area contributed by atoms with E-state index < -0.39 is 11.6 Å². The Kier molecular flexibility index (Phi) is 5.55. The Morgan fingerprint density at radius 3 is 2.30 bits per heavy atom. The smallest absolute Gasteiger partial charge is 0.256 e. The Hall–Kier alpha value is -3.36. The Balaban J connectivity index is 1.35. The summed E-state index contributed by atoms with van der Waals surface area (Å²) in [7, 11) is 0. The van der Waals surface area contributed by atoms with Crippen LogP contribution in [0.5, 0.6) is 0 Å². The summed E-state index contributed by atoms with van der Waals surface area (Å²) in [4.78, 5) is 38.9. The molecular formula is C24H25F2N5O2. The molecule has 2 aliphatic rings. The molecule has 0 radical (unpaired) electrons. The van der Waals surface area contributed by atoms with Gasteiger partial charge in [0.15, 0.2) is 17.3 Å². The van der Waals surface area contributed by atoms with Crippen LogP contribution >= 0.6 is 0 Å².